The Labute approximate surface area is 208 Å². The van der Waals surface area contributed by atoms with E-state index in [2.05, 4.69) is 12.1 Å². The van der Waals surface area contributed by atoms with Crippen molar-refractivity contribution in [1.29, 1.82) is 0 Å². The van der Waals surface area contributed by atoms with Gasteiger partial charge in [0.2, 0.25) is 10.6 Å². The summed E-state index contributed by atoms with van der Waals surface area (Å²) >= 11 is 1.52. The van der Waals surface area contributed by atoms with Gasteiger partial charge in [-0.05, 0) is 42.8 Å². The Kier molecular flexibility index (Phi) is 7.41. The second-order valence-electron chi connectivity index (χ2n) is 8.00. The molecule has 0 aliphatic heterocycles. The fraction of sp³-hybridized carbons (Fsp3) is 0.259. The van der Waals surface area contributed by atoms with E-state index < -0.39 is 0 Å². The number of benzene rings is 3. The number of hydrogen-bond acceptors (Lipinski definition) is 7. The number of ether oxygens (including phenoxy) is 4. The zero-order valence-corrected chi connectivity index (χ0v) is 21.6. The quantitative estimate of drug-likeness (QED) is 0.301. The number of aromatic nitrogens is 1. The van der Waals surface area contributed by atoms with Crippen molar-refractivity contribution >= 4 is 28.3 Å². The topological polar surface area (TPSA) is 66.6 Å². The Hall–Kier alpha value is -3.78. The molecule has 1 aromatic heterocycles. The van der Waals surface area contributed by atoms with E-state index in [4.69, 9.17) is 29.0 Å². The van der Waals surface area contributed by atoms with Gasteiger partial charge in [-0.1, -0.05) is 30.3 Å². The Balaban J connectivity index is 1.93. The molecule has 0 saturated heterocycles. The predicted molar refractivity (Wildman–Crippen MR) is 142 cm³/mol. The van der Waals surface area contributed by atoms with Crippen LogP contribution in [0.1, 0.15) is 19.4 Å². The highest BCUT2D eigenvalue weighted by molar-refractivity contribution is 7.07. The summed E-state index contributed by atoms with van der Waals surface area (Å²) in [6.07, 6.45) is 1.83. The number of rotatable bonds is 8. The molecule has 4 rings (SSSR count). The molecular weight excluding hydrogens is 462 g/mol. The van der Waals surface area contributed by atoms with E-state index in [-0.39, 0.29) is 6.04 Å². The number of thiazole rings is 1. The molecule has 7 nitrogen and oxygen atoms in total. The first-order valence-corrected chi connectivity index (χ1v) is 12.0. The van der Waals surface area contributed by atoms with Gasteiger partial charge in [-0.2, -0.15) is 5.10 Å². The lowest BCUT2D eigenvalue weighted by molar-refractivity contribution is 0.324. The van der Waals surface area contributed by atoms with E-state index >= 15 is 0 Å². The summed E-state index contributed by atoms with van der Waals surface area (Å²) in [5.41, 5.74) is 2.61. The van der Waals surface area contributed by atoms with Gasteiger partial charge >= 0.3 is 0 Å². The van der Waals surface area contributed by atoms with Crippen LogP contribution >= 0.6 is 11.3 Å². The molecule has 0 atom stereocenters. The molecule has 0 amide bonds. The van der Waals surface area contributed by atoms with Crippen LogP contribution in [0.25, 0.3) is 22.0 Å². The van der Waals surface area contributed by atoms with Crippen LogP contribution in [0.15, 0.2) is 64.0 Å². The summed E-state index contributed by atoms with van der Waals surface area (Å²) in [5, 5.41) is 9.09. The lowest BCUT2D eigenvalue weighted by Crippen LogP contribution is -2.14. The predicted octanol–water partition coefficient (Wildman–Crippen LogP) is 5.60. The zero-order chi connectivity index (χ0) is 24.9. The first kappa shape index (κ1) is 24.3. The SMILES string of the molecule is COc1cc(-c2csc(=NC(C)C)n2N=Cc2c(OC)ccc3ccccc23)cc(OC)c1OC. The van der Waals surface area contributed by atoms with Gasteiger partial charge in [0.05, 0.1) is 40.3 Å². The molecule has 0 radical (unpaired) electrons. The van der Waals surface area contributed by atoms with Crippen LogP contribution in [0.5, 0.6) is 23.0 Å². The van der Waals surface area contributed by atoms with Crippen molar-refractivity contribution in [2.75, 3.05) is 28.4 Å². The molecule has 0 bridgehead atoms. The largest absolute Gasteiger partial charge is 0.496 e. The summed E-state index contributed by atoms with van der Waals surface area (Å²) in [7, 11) is 6.47. The first-order valence-electron chi connectivity index (χ1n) is 11.2. The van der Waals surface area contributed by atoms with Crippen LogP contribution < -0.4 is 23.7 Å². The van der Waals surface area contributed by atoms with Crippen molar-refractivity contribution in [3.8, 4) is 34.3 Å². The standard InChI is InChI=1S/C27H29N3O4S/c1-17(2)29-27-30(28-15-21-20-10-8-7-9-18(20)11-12-23(21)31-3)22(16-35-27)19-13-24(32-4)26(34-6)25(14-19)33-5/h7-17H,1-6H3. The third-order valence-electron chi connectivity index (χ3n) is 5.47. The number of fused-ring (bicyclic) bond motifs is 1. The molecule has 8 heteroatoms. The molecule has 0 aliphatic rings. The Morgan fingerprint density at radius 2 is 1.54 bits per heavy atom. The van der Waals surface area contributed by atoms with E-state index in [0.29, 0.717) is 17.2 Å². The molecular formula is C27H29N3O4S. The van der Waals surface area contributed by atoms with Crippen LogP contribution in [-0.2, 0) is 0 Å². The molecule has 1 heterocycles. The van der Waals surface area contributed by atoms with Gasteiger partial charge in [-0.25, -0.2) is 4.68 Å². The highest BCUT2D eigenvalue weighted by Gasteiger charge is 2.17. The molecule has 3 aromatic carbocycles. The number of nitrogens with zero attached hydrogens (tertiary/aromatic N) is 3. The summed E-state index contributed by atoms with van der Waals surface area (Å²) in [6.45, 7) is 4.08. The van der Waals surface area contributed by atoms with Crippen LogP contribution in [-0.4, -0.2) is 45.4 Å². The fourth-order valence-corrected chi connectivity index (χ4v) is 4.82. The van der Waals surface area contributed by atoms with Crippen LogP contribution in [0.3, 0.4) is 0 Å². The summed E-state index contributed by atoms with van der Waals surface area (Å²) in [6, 6.07) is 16.1. The molecule has 0 N–H and O–H groups in total. The van der Waals surface area contributed by atoms with Crippen LogP contribution in [0.2, 0.25) is 0 Å². The third-order valence-corrected chi connectivity index (χ3v) is 6.30. The summed E-state index contributed by atoms with van der Waals surface area (Å²) < 4.78 is 24.1. The first-order chi connectivity index (χ1) is 17.0. The molecule has 4 aromatic rings. The molecule has 0 fully saturated rings. The average Bonchev–Trinajstić information content (AvgIpc) is 3.27. The van der Waals surface area contributed by atoms with Gasteiger partial charge in [0.1, 0.15) is 5.75 Å². The smallest absolute Gasteiger partial charge is 0.206 e. The van der Waals surface area contributed by atoms with Gasteiger partial charge in [0.25, 0.3) is 0 Å². The molecule has 0 spiro atoms. The average molecular weight is 492 g/mol. The molecule has 182 valence electrons. The van der Waals surface area contributed by atoms with E-state index in [1.807, 2.05) is 66.5 Å². The highest BCUT2D eigenvalue weighted by atomic mass is 32.1. The number of hydrogen-bond donors (Lipinski definition) is 0. The number of methoxy groups -OCH3 is 4. The van der Waals surface area contributed by atoms with E-state index in [0.717, 1.165) is 38.1 Å². The zero-order valence-electron chi connectivity index (χ0n) is 20.7. The van der Waals surface area contributed by atoms with Crippen molar-refractivity contribution in [3.63, 3.8) is 0 Å². The Morgan fingerprint density at radius 1 is 0.857 bits per heavy atom. The van der Waals surface area contributed by atoms with E-state index in [1.165, 1.54) is 11.3 Å². The van der Waals surface area contributed by atoms with Gasteiger partial charge in [0.15, 0.2) is 11.5 Å². The van der Waals surface area contributed by atoms with Crippen LogP contribution in [0, 0.1) is 0 Å². The summed E-state index contributed by atoms with van der Waals surface area (Å²) in [4.78, 5) is 5.57. The Bertz CT molecular complexity index is 1410. The van der Waals surface area contributed by atoms with Crippen molar-refractivity contribution in [3.05, 3.63) is 64.3 Å². The molecule has 0 aliphatic carbocycles. The van der Waals surface area contributed by atoms with Gasteiger partial charge in [0, 0.05) is 22.5 Å². The monoisotopic (exact) mass is 491 g/mol. The van der Waals surface area contributed by atoms with E-state index in [9.17, 15) is 0 Å². The normalized spacial score (nSPS) is 12.0. The van der Waals surface area contributed by atoms with Gasteiger partial charge < -0.3 is 18.9 Å². The van der Waals surface area contributed by atoms with Crippen molar-refractivity contribution in [2.24, 2.45) is 10.1 Å². The fourth-order valence-electron chi connectivity index (χ4n) is 3.85. The minimum Gasteiger partial charge on any atom is -0.496 e. The Morgan fingerprint density at radius 3 is 2.17 bits per heavy atom. The van der Waals surface area contributed by atoms with Crippen molar-refractivity contribution < 1.29 is 18.9 Å². The summed E-state index contributed by atoms with van der Waals surface area (Å²) in [5.74, 6) is 2.43. The highest BCUT2D eigenvalue weighted by Crippen LogP contribution is 2.41. The van der Waals surface area contributed by atoms with Crippen LogP contribution in [0.4, 0.5) is 0 Å². The van der Waals surface area contributed by atoms with Gasteiger partial charge in [-0.15, -0.1) is 11.3 Å². The minimum atomic E-state index is 0.106. The maximum atomic E-state index is 5.65. The van der Waals surface area contributed by atoms with Gasteiger partial charge in [-0.3, -0.25) is 4.99 Å². The second-order valence-corrected chi connectivity index (χ2v) is 8.84. The third kappa shape index (κ3) is 4.88. The van der Waals surface area contributed by atoms with Crippen molar-refractivity contribution in [1.82, 2.24) is 4.68 Å². The lowest BCUT2D eigenvalue weighted by atomic mass is 10.0. The lowest BCUT2D eigenvalue weighted by Gasteiger charge is -2.14. The maximum absolute atomic E-state index is 5.65. The molecule has 0 unspecified atom stereocenters. The van der Waals surface area contributed by atoms with Crippen molar-refractivity contribution in [2.45, 2.75) is 19.9 Å². The maximum Gasteiger partial charge on any atom is 0.206 e. The van der Waals surface area contributed by atoms with E-state index in [1.54, 1.807) is 28.4 Å². The second kappa shape index (κ2) is 10.7. The molecule has 0 saturated carbocycles. The molecule has 35 heavy (non-hydrogen) atoms. The minimum absolute atomic E-state index is 0.106.